The molecule has 1 aromatic heterocycles. The van der Waals surface area contributed by atoms with Gasteiger partial charge in [0, 0.05) is 18.3 Å². The van der Waals surface area contributed by atoms with E-state index >= 15 is 0 Å². The predicted molar refractivity (Wildman–Crippen MR) is 119 cm³/mol. The van der Waals surface area contributed by atoms with E-state index in [1.54, 1.807) is 37.3 Å². The lowest BCUT2D eigenvalue weighted by Gasteiger charge is -2.21. The van der Waals surface area contributed by atoms with Crippen molar-refractivity contribution in [2.75, 3.05) is 0 Å². The van der Waals surface area contributed by atoms with Crippen LogP contribution in [0.15, 0.2) is 59.1 Å². The average molecular weight is 458 g/mol. The van der Waals surface area contributed by atoms with Gasteiger partial charge in [-0.15, -0.1) is 12.6 Å². The molecule has 1 heterocycles. The van der Waals surface area contributed by atoms with Crippen molar-refractivity contribution < 1.29 is 18.3 Å². The summed E-state index contributed by atoms with van der Waals surface area (Å²) in [5.41, 5.74) is 0.702. The molecule has 2 aromatic rings. The van der Waals surface area contributed by atoms with Crippen molar-refractivity contribution in [3.8, 4) is 0 Å². The van der Waals surface area contributed by atoms with Gasteiger partial charge in [-0.05, 0) is 17.7 Å². The van der Waals surface area contributed by atoms with Crippen molar-refractivity contribution in [2.24, 2.45) is 0 Å². The molecule has 2 rings (SSSR count). The van der Waals surface area contributed by atoms with Crippen molar-refractivity contribution in [2.45, 2.75) is 32.7 Å². The summed E-state index contributed by atoms with van der Waals surface area (Å²) in [4.78, 5) is 11.6. The highest BCUT2D eigenvalue weighted by molar-refractivity contribution is 8.09. The number of nitrogens with one attached hydrogen (secondary N) is 1. The molecule has 2 unspecified atom stereocenters. The second-order valence-electron chi connectivity index (χ2n) is 5.62. The first-order valence-corrected chi connectivity index (χ1v) is 11.1. The third-order valence-corrected chi connectivity index (χ3v) is 6.01. The molecule has 10 heteroatoms. The first-order chi connectivity index (χ1) is 13.7. The van der Waals surface area contributed by atoms with Crippen molar-refractivity contribution in [3.63, 3.8) is 0 Å². The number of aromatic nitrogens is 2. The Morgan fingerprint density at radius 1 is 1.31 bits per heavy atom. The second kappa shape index (κ2) is 11.8. The van der Waals surface area contributed by atoms with Gasteiger partial charge in [0.1, 0.15) is 10.3 Å². The molecule has 2 atom stereocenters. The maximum atomic E-state index is 12.4. The highest BCUT2D eigenvalue weighted by atomic mass is 35.5. The lowest BCUT2D eigenvalue weighted by atomic mass is 9.94. The number of benzene rings is 1. The van der Waals surface area contributed by atoms with Gasteiger partial charge in [0.2, 0.25) is 10.0 Å². The van der Waals surface area contributed by atoms with Gasteiger partial charge in [0.25, 0.3) is 0 Å². The van der Waals surface area contributed by atoms with Crippen LogP contribution in [0.3, 0.4) is 0 Å². The first kappa shape index (κ1) is 25.0. The lowest BCUT2D eigenvalue weighted by molar-refractivity contribution is -0.139. The Hall–Kier alpha value is -2.07. The number of hydrogen-bond acceptors (Lipinski definition) is 5. The van der Waals surface area contributed by atoms with Crippen LogP contribution in [-0.2, 0) is 14.8 Å². The minimum atomic E-state index is -4.12. The third kappa shape index (κ3) is 7.69. The Labute approximate surface area is 181 Å². The molecule has 158 valence electrons. The molecule has 0 aliphatic carbocycles. The number of thiol groups is 1. The van der Waals surface area contributed by atoms with Crippen molar-refractivity contribution in [3.05, 3.63) is 69.7 Å². The average Bonchev–Trinajstić information content (AvgIpc) is 3.12. The van der Waals surface area contributed by atoms with Crippen LogP contribution in [0.5, 0.6) is 0 Å². The zero-order chi connectivity index (χ0) is 22.0. The number of halogens is 1. The molecule has 7 nitrogen and oxygen atoms in total. The fourth-order valence-corrected chi connectivity index (χ4v) is 3.65. The van der Waals surface area contributed by atoms with Gasteiger partial charge in [-0.3, -0.25) is 4.79 Å². The van der Waals surface area contributed by atoms with E-state index < -0.39 is 28.0 Å². The summed E-state index contributed by atoms with van der Waals surface area (Å²) < 4.78 is 28.1. The quantitative estimate of drug-likeness (QED) is 0.411. The molecular formula is C19H24ClN3O4S2. The lowest BCUT2D eigenvalue weighted by Crippen LogP contribution is -2.44. The number of sulfonamides is 1. The fraction of sp³-hybridized carbons (Fsp3) is 0.263. The standard InChI is InChI=1S/C17H18ClN3O4S2.C2H6/c1-12(13-6-3-2-4-7-13)16(17(22)23)20-27(24,25)15(26)8-5-9-21-11-14(18)10-19-21;1-2/h2-12,16,20,26H,1H3,(H,22,23);1-2H3/b9-5+,15-8+;. The van der Waals surface area contributed by atoms with Crippen LogP contribution in [0.25, 0.3) is 6.20 Å². The summed E-state index contributed by atoms with van der Waals surface area (Å²) in [6.07, 6.45) is 7.05. The van der Waals surface area contributed by atoms with Crippen LogP contribution >= 0.6 is 24.2 Å². The Bertz CT molecular complexity index is 957. The Morgan fingerprint density at radius 3 is 2.45 bits per heavy atom. The number of carboxylic acids is 1. The summed E-state index contributed by atoms with van der Waals surface area (Å²) in [5.74, 6) is -1.86. The Balaban J connectivity index is 0.00000204. The van der Waals surface area contributed by atoms with Gasteiger partial charge < -0.3 is 5.11 Å². The summed E-state index contributed by atoms with van der Waals surface area (Å²) in [5, 5.41) is 13.8. The monoisotopic (exact) mass is 457 g/mol. The van der Waals surface area contributed by atoms with Crippen molar-refractivity contribution >= 4 is 46.4 Å². The molecule has 1 aromatic carbocycles. The number of nitrogens with zero attached hydrogens (tertiary/aromatic N) is 2. The molecular weight excluding hydrogens is 434 g/mol. The van der Waals surface area contributed by atoms with Gasteiger partial charge in [-0.25, -0.2) is 13.1 Å². The normalized spacial score (nSPS) is 14.2. The molecule has 0 amide bonds. The van der Waals surface area contributed by atoms with E-state index in [0.29, 0.717) is 10.6 Å². The number of allylic oxidation sites excluding steroid dienone is 2. The van der Waals surface area contributed by atoms with Crippen LogP contribution in [0, 0.1) is 0 Å². The smallest absolute Gasteiger partial charge is 0.322 e. The summed E-state index contributed by atoms with van der Waals surface area (Å²) in [6, 6.07) is 7.45. The van der Waals surface area contributed by atoms with E-state index in [0.717, 1.165) is 0 Å². The maximum absolute atomic E-state index is 12.4. The van der Waals surface area contributed by atoms with E-state index in [4.69, 9.17) is 11.6 Å². The number of hydrogen-bond donors (Lipinski definition) is 3. The maximum Gasteiger partial charge on any atom is 0.322 e. The zero-order valence-electron chi connectivity index (χ0n) is 16.2. The predicted octanol–water partition coefficient (Wildman–Crippen LogP) is 3.98. The minimum absolute atomic E-state index is 0.330. The Morgan fingerprint density at radius 2 is 1.93 bits per heavy atom. The highest BCUT2D eigenvalue weighted by Crippen LogP contribution is 2.21. The molecule has 0 spiro atoms. The van der Waals surface area contributed by atoms with Crippen LogP contribution in [0.4, 0.5) is 0 Å². The number of rotatable bonds is 8. The number of carbonyl (C=O) groups is 1. The molecule has 0 fully saturated rings. The molecule has 2 N–H and O–H groups in total. The van der Waals surface area contributed by atoms with E-state index in [2.05, 4.69) is 22.4 Å². The van der Waals surface area contributed by atoms with E-state index in [1.807, 2.05) is 13.8 Å². The van der Waals surface area contributed by atoms with Gasteiger partial charge in [-0.2, -0.15) is 9.82 Å². The molecule has 29 heavy (non-hydrogen) atoms. The second-order valence-corrected chi connectivity index (χ2v) is 8.52. The van der Waals surface area contributed by atoms with E-state index in [1.165, 1.54) is 35.4 Å². The highest BCUT2D eigenvalue weighted by Gasteiger charge is 2.31. The molecule has 0 radical (unpaired) electrons. The SMILES string of the molecule is CC.CC(c1ccccc1)C(NS(=O)(=O)/C(S)=C/C=C/n1cc(Cl)cn1)C(=O)O. The van der Waals surface area contributed by atoms with Crippen molar-refractivity contribution in [1.82, 2.24) is 14.5 Å². The third-order valence-electron chi connectivity index (χ3n) is 3.70. The van der Waals surface area contributed by atoms with Crippen LogP contribution < -0.4 is 4.72 Å². The van der Waals surface area contributed by atoms with Crippen molar-refractivity contribution in [1.29, 1.82) is 0 Å². The van der Waals surface area contributed by atoms with Gasteiger partial charge in [-0.1, -0.05) is 62.7 Å². The summed E-state index contributed by atoms with van der Waals surface area (Å²) in [6.45, 7) is 5.64. The fourth-order valence-electron chi connectivity index (χ4n) is 2.24. The van der Waals surface area contributed by atoms with E-state index in [-0.39, 0.29) is 4.24 Å². The Kier molecular flexibility index (Phi) is 10.2. The summed E-state index contributed by atoms with van der Waals surface area (Å²) in [7, 11) is -4.12. The number of carboxylic acid groups (broad SMARTS) is 1. The molecule has 0 saturated heterocycles. The van der Waals surface area contributed by atoms with E-state index in [9.17, 15) is 18.3 Å². The molecule has 0 aliphatic rings. The minimum Gasteiger partial charge on any atom is -0.480 e. The summed E-state index contributed by atoms with van der Waals surface area (Å²) >= 11 is 9.70. The topological polar surface area (TPSA) is 101 Å². The van der Waals surface area contributed by atoms with Crippen LogP contribution in [0.2, 0.25) is 5.02 Å². The number of aliphatic carboxylic acids is 1. The molecule has 0 saturated carbocycles. The first-order valence-electron chi connectivity index (χ1n) is 8.78. The van der Waals surface area contributed by atoms with Gasteiger partial charge in [0.05, 0.1) is 11.2 Å². The molecule has 0 bridgehead atoms. The molecule has 0 aliphatic heterocycles. The van der Waals surface area contributed by atoms with Gasteiger partial charge >= 0.3 is 5.97 Å². The van der Waals surface area contributed by atoms with Crippen LogP contribution in [0.1, 0.15) is 32.3 Å². The largest absolute Gasteiger partial charge is 0.480 e. The van der Waals surface area contributed by atoms with Gasteiger partial charge in [0.15, 0.2) is 0 Å². The zero-order valence-corrected chi connectivity index (χ0v) is 18.7. The van der Waals surface area contributed by atoms with Crippen LogP contribution in [-0.4, -0.2) is 35.3 Å².